The van der Waals surface area contributed by atoms with Gasteiger partial charge in [-0.1, -0.05) is 12.1 Å². The number of fused-ring (bicyclic) bond motifs is 1. The van der Waals surface area contributed by atoms with E-state index in [9.17, 15) is 4.79 Å². The molecule has 0 bridgehead atoms. The molecular weight excluding hydrogens is 290 g/mol. The van der Waals surface area contributed by atoms with Gasteiger partial charge in [-0.25, -0.2) is 0 Å². The van der Waals surface area contributed by atoms with Crippen molar-refractivity contribution >= 4 is 11.6 Å². The van der Waals surface area contributed by atoms with Gasteiger partial charge in [-0.05, 0) is 61.2 Å². The molecule has 0 fully saturated rings. The lowest BCUT2D eigenvalue weighted by molar-refractivity contribution is -0.121. The standard InChI is InChI=1S/C19H21NO3/c1-12-4-5-13(2)17(8-12)20-19(21)15-9-14-10-16(22-3)6-7-18(14)23-11-15/h4-8,10,15H,9,11H2,1-3H3,(H,20,21)/t15-/m0/s1. The predicted molar refractivity (Wildman–Crippen MR) is 90.2 cm³/mol. The Hall–Kier alpha value is -2.49. The summed E-state index contributed by atoms with van der Waals surface area (Å²) in [5, 5.41) is 3.03. The van der Waals surface area contributed by atoms with Crippen LogP contribution in [0.5, 0.6) is 11.5 Å². The molecule has 23 heavy (non-hydrogen) atoms. The van der Waals surface area contributed by atoms with Gasteiger partial charge < -0.3 is 14.8 Å². The maximum absolute atomic E-state index is 12.6. The van der Waals surface area contributed by atoms with Crippen molar-refractivity contribution in [2.75, 3.05) is 19.0 Å². The molecule has 0 radical (unpaired) electrons. The molecule has 0 unspecified atom stereocenters. The number of nitrogens with one attached hydrogen (secondary N) is 1. The second kappa shape index (κ2) is 6.32. The first kappa shape index (κ1) is 15.4. The number of methoxy groups -OCH3 is 1. The van der Waals surface area contributed by atoms with E-state index in [1.165, 1.54) is 0 Å². The minimum Gasteiger partial charge on any atom is -0.497 e. The molecule has 1 N–H and O–H groups in total. The SMILES string of the molecule is COc1ccc2c(c1)C[C@H](C(=O)Nc1cc(C)ccc1C)CO2. The Kier molecular flexibility index (Phi) is 4.24. The van der Waals surface area contributed by atoms with E-state index in [2.05, 4.69) is 5.32 Å². The number of rotatable bonds is 3. The van der Waals surface area contributed by atoms with Crippen molar-refractivity contribution in [2.24, 2.45) is 5.92 Å². The third kappa shape index (κ3) is 3.31. The molecule has 1 heterocycles. The van der Waals surface area contributed by atoms with E-state index in [1.54, 1.807) is 7.11 Å². The number of anilines is 1. The van der Waals surface area contributed by atoms with Gasteiger partial charge in [0, 0.05) is 5.69 Å². The number of carbonyl (C=O) groups excluding carboxylic acids is 1. The van der Waals surface area contributed by atoms with Crippen molar-refractivity contribution in [2.45, 2.75) is 20.3 Å². The van der Waals surface area contributed by atoms with Gasteiger partial charge in [-0.15, -0.1) is 0 Å². The Labute approximate surface area is 136 Å². The summed E-state index contributed by atoms with van der Waals surface area (Å²) in [6, 6.07) is 11.8. The molecule has 4 nitrogen and oxygen atoms in total. The van der Waals surface area contributed by atoms with Crippen LogP contribution in [0, 0.1) is 19.8 Å². The number of hydrogen-bond donors (Lipinski definition) is 1. The first-order valence-electron chi connectivity index (χ1n) is 7.74. The Balaban J connectivity index is 1.75. The zero-order valence-corrected chi connectivity index (χ0v) is 13.7. The number of benzene rings is 2. The molecule has 2 aromatic carbocycles. The van der Waals surface area contributed by atoms with Crippen LogP contribution in [0.4, 0.5) is 5.69 Å². The fourth-order valence-electron chi connectivity index (χ4n) is 2.77. The van der Waals surface area contributed by atoms with Gasteiger partial charge in [0.25, 0.3) is 0 Å². The first-order chi connectivity index (χ1) is 11.1. The molecule has 0 aliphatic carbocycles. The van der Waals surface area contributed by atoms with Crippen LogP contribution >= 0.6 is 0 Å². The number of aryl methyl sites for hydroxylation is 2. The topological polar surface area (TPSA) is 47.6 Å². The van der Waals surface area contributed by atoms with Crippen LogP contribution in [0.1, 0.15) is 16.7 Å². The van der Waals surface area contributed by atoms with Crippen LogP contribution in [0.2, 0.25) is 0 Å². The van der Waals surface area contributed by atoms with Gasteiger partial charge in [-0.3, -0.25) is 4.79 Å². The maximum atomic E-state index is 12.6. The third-order valence-corrected chi connectivity index (χ3v) is 4.20. The van der Waals surface area contributed by atoms with Crippen LogP contribution in [0.25, 0.3) is 0 Å². The van der Waals surface area contributed by atoms with E-state index < -0.39 is 0 Å². The fraction of sp³-hybridized carbons (Fsp3) is 0.316. The summed E-state index contributed by atoms with van der Waals surface area (Å²) in [6.07, 6.45) is 0.656. The molecule has 1 aliphatic rings. The molecular formula is C19H21NO3. The lowest BCUT2D eigenvalue weighted by Crippen LogP contribution is -2.32. The Morgan fingerprint density at radius 1 is 1.22 bits per heavy atom. The molecule has 120 valence electrons. The van der Waals surface area contributed by atoms with Gasteiger partial charge in [-0.2, -0.15) is 0 Å². The summed E-state index contributed by atoms with van der Waals surface area (Å²) in [5.41, 5.74) is 4.06. The normalized spacial score (nSPS) is 16.2. The van der Waals surface area contributed by atoms with Gasteiger partial charge in [0.1, 0.15) is 18.1 Å². The molecule has 1 aliphatic heterocycles. The molecule has 0 aromatic heterocycles. The average molecular weight is 311 g/mol. The summed E-state index contributed by atoms with van der Waals surface area (Å²) in [4.78, 5) is 12.6. The summed E-state index contributed by atoms with van der Waals surface area (Å²) in [7, 11) is 1.64. The average Bonchev–Trinajstić information content (AvgIpc) is 2.57. The molecule has 3 rings (SSSR count). The van der Waals surface area contributed by atoms with Crippen molar-refractivity contribution in [3.63, 3.8) is 0 Å². The molecule has 1 atom stereocenters. The van der Waals surface area contributed by atoms with E-state index in [4.69, 9.17) is 9.47 Å². The lowest BCUT2D eigenvalue weighted by atomic mass is 9.95. The van der Waals surface area contributed by atoms with E-state index in [0.717, 1.165) is 33.9 Å². The number of carbonyl (C=O) groups is 1. The summed E-state index contributed by atoms with van der Waals surface area (Å²) in [6.45, 7) is 4.41. The molecule has 2 aromatic rings. The van der Waals surface area contributed by atoms with Crippen LogP contribution in [-0.4, -0.2) is 19.6 Å². The zero-order chi connectivity index (χ0) is 16.4. The van der Waals surface area contributed by atoms with E-state index in [-0.39, 0.29) is 11.8 Å². The van der Waals surface area contributed by atoms with Crippen LogP contribution < -0.4 is 14.8 Å². The Morgan fingerprint density at radius 3 is 2.83 bits per heavy atom. The van der Waals surface area contributed by atoms with Gasteiger partial charge in [0.05, 0.1) is 13.0 Å². The largest absolute Gasteiger partial charge is 0.497 e. The van der Waals surface area contributed by atoms with Crippen molar-refractivity contribution in [1.29, 1.82) is 0 Å². The highest BCUT2D eigenvalue weighted by molar-refractivity contribution is 5.93. The van der Waals surface area contributed by atoms with Crippen molar-refractivity contribution in [3.05, 3.63) is 53.1 Å². The number of hydrogen-bond acceptors (Lipinski definition) is 3. The van der Waals surface area contributed by atoms with Crippen LogP contribution in [0.15, 0.2) is 36.4 Å². The minimum absolute atomic E-state index is 0.00725. The molecule has 0 spiro atoms. The molecule has 0 saturated carbocycles. The Bertz CT molecular complexity index is 739. The molecule has 4 heteroatoms. The van der Waals surface area contributed by atoms with Gasteiger partial charge in [0.15, 0.2) is 0 Å². The molecule has 0 saturated heterocycles. The van der Waals surface area contributed by atoms with Crippen LogP contribution in [-0.2, 0) is 11.2 Å². The minimum atomic E-state index is -0.200. The van der Waals surface area contributed by atoms with Gasteiger partial charge in [0.2, 0.25) is 5.91 Å². The number of amides is 1. The monoisotopic (exact) mass is 311 g/mol. The number of ether oxygens (including phenoxy) is 2. The van der Waals surface area contributed by atoms with Crippen LogP contribution in [0.3, 0.4) is 0 Å². The lowest BCUT2D eigenvalue weighted by Gasteiger charge is -2.25. The molecule has 1 amide bonds. The zero-order valence-electron chi connectivity index (χ0n) is 13.7. The van der Waals surface area contributed by atoms with E-state index in [0.29, 0.717) is 13.0 Å². The van der Waals surface area contributed by atoms with Crippen molar-refractivity contribution in [1.82, 2.24) is 0 Å². The second-order valence-corrected chi connectivity index (χ2v) is 5.99. The quantitative estimate of drug-likeness (QED) is 0.943. The van der Waals surface area contributed by atoms with E-state index in [1.807, 2.05) is 50.2 Å². The summed E-state index contributed by atoms with van der Waals surface area (Å²) >= 11 is 0. The highest BCUT2D eigenvalue weighted by atomic mass is 16.5. The predicted octanol–water partition coefficient (Wildman–Crippen LogP) is 3.50. The fourth-order valence-corrected chi connectivity index (χ4v) is 2.77. The smallest absolute Gasteiger partial charge is 0.231 e. The van der Waals surface area contributed by atoms with Crippen molar-refractivity contribution in [3.8, 4) is 11.5 Å². The third-order valence-electron chi connectivity index (χ3n) is 4.20. The highest BCUT2D eigenvalue weighted by Gasteiger charge is 2.26. The highest BCUT2D eigenvalue weighted by Crippen LogP contribution is 2.31. The summed E-state index contributed by atoms with van der Waals surface area (Å²) in [5.74, 6) is 1.41. The first-order valence-corrected chi connectivity index (χ1v) is 7.74. The van der Waals surface area contributed by atoms with Crippen molar-refractivity contribution < 1.29 is 14.3 Å². The maximum Gasteiger partial charge on any atom is 0.231 e. The second-order valence-electron chi connectivity index (χ2n) is 5.99. The van der Waals surface area contributed by atoms with E-state index >= 15 is 0 Å². The summed E-state index contributed by atoms with van der Waals surface area (Å²) < 4.78 is 11.0. The Morgan fingerprint density at radius 2 is 2.04 bits per heavy atom. The van der Waals surface area contributed by atoms with Gasteiger partial charge >= 0.3 is 0 Å².